The molecule has 1 fully saturated rings. The fourth-order valence-electron chi connectivity index (χ4n) is 4.13. The van der Waals surface area contributed by atoms with Crippen LogP contribution < -0.4 is 9.64 Å². The largest absolute Gasteiger partial charge is 0.507 e. The topological polar surface area (TPSA) is 79.7 Å². The lowest BCUT2D eigenvalue weighted by Gasteiger charge is -2.23. The summed E-state index contributed by atoms with van der Waals surface area (Å²) in [5.74, 6) is -0.984. The van der Waals surface area contributed by atoms with E-state index in [4.69, 9.17) is 4.74 Å². The third-order valence-electron chi connectivity index (χ3n) is 5.74. The number of ether oxygens (including phenoxy) is 1. The number of aryl methyl sites for hydroxylation is 1. The van der Waals surface area contributed by atoms with Gasteiger partial charge in [-0.1, -0.05) is 59.9 Å². The number of anilines is 1. The number of Topliss-reactive ketones (excluding diaryl/α,β-unsaturated/α-hetero) is 1. The van der Waals surface area contributed by atoms with E-state index in [1.54, 1.807) is 36.4 Å². The van der Waals surface area contributed by atoms with E-state index in [-0.39, 0.29) is 11.3 Å². The Morgan fingerprint density at radius 1 is 1.06 bits per heavy atom. The molecule has 4 aromatic rings. The van der Waals surface area contributed by atoms with Crippen molar-refractivity contribution in [1.82, 2.24) is 4.98 Å². The van der Waals surface area contributed by atoms with Gasteiger partial charge in [-0.15, -0.1) is 0 Å². The average Bonchev–Trinajstić information content (AvgIpc) is 3.37. The van der Waals surface area contributed by atoms with Crippen molar-refractivity contribution in [2.24, 2.45) is 0 Å². The summed E-state index contributed by atoms with van der Waals surface area (Å²) in [5.41, 5.74) is 3.01. The smallest absolute Gasteiger partial charge is 0.301 e. The Balaban J connectivity index is 1.70. The molecule has 6 nitrogen and oxygen atoms in total. The van der Waals surface area contributed by atoms with Gasteiger partial charge in [0, 0.05) is 5.56 Å². The summed E-state index contributed by atoms with van der Waals surface area (Å²) < 4.78 is 6.47. The van der Waals surface area contributed by atoms with Gasteiger partial charge in [0.25, 0.3) is 5.78 Å². The number of benzene rings is 3. The first kappa shape index (κ1) is 21.9. The molecule has 0 radical (unpaired) electrons. The van der Waals surface area contributed by atoms with Crippen LogP contribution in [-0.2, 0) is 9.59 Å². The molecule has 1 saturated heterocycles. The summed E-state index contributed by atoms with van der Waals surface area (Å²) >= 11 is 1.35. The molecule has 0 aliphatic carbocycles. The maximum absolute atomic E-state index is 13.3. The van der Waals surface area contributed by atoms with Crippen molar-refractivity contribution in [2.45, 2.75) is 19.9 Å². The van der Waals surface area contributed by atoms with Crippen molar-refractivity contribution in [2.75, 3.05) is 11.5 Å². The highest BCUT2D eigenvalue weighted by Crippen LogP contribution is 2.44. The molecule has 7 heteroatoms. The van der Waals surface area contributed by atoms with Crippen LogP contribution in [0.2, 0.25) is 0 Å². The Hall–Kier alpha value is -3.97. The van der Waals surface area contributed by atoms with E-state index in [9.17, 15) is 14.7 Å². The van der Waals surface area contributed by atoms with Crippen molar-refractivity contribution in [3.63, 3.8) is 0 Å². The van der Waals surface area contributed by atoms with E-state index in [1.807, 2.05) is 50.2 Å². The van der Waals surface area contributed by atoms with E-state index >= 15 is 0 Å². The number of ketones is 1. The van der Waals surface area contributed by atoms with Crippen LogP contribution in [0.25, 0.3) is 16.0 Å². The Morgan fingerprint density at radius 2 is 1.79 bits per heavy atom. The molecule has 1 aromatic heterocycles. The summed E-state index contributed by atoms with van der Waals surface area (Å²) in [5, 5.41) is 11.6. The first-order valence-electron chi connectivity index (χ1n) is 10.9. The Kier molecular flexibility index (Phi) is 5.63. The SMILES string of the molecule is CCOc1ccc([C@H]2/C(=C(\O)c3ccccc3)C(=O)C(=O)N2c2nc3ccc(C)cc3s2)cc1. The number of carbonyl (C=O) groups is 2. The quantitative estimate of drug-likeness (QED) is 0.232. The predicted octanol–water partition coefficient (Wildman–Crippen LogP) is 5.63. The van der Waals surface area contributed by atoms with E-state index in [1.165, 1.54) is 16.2 Å². The second-order valence-electron chi connectivity index (χ2n) is 8.00. The van der Waals surface area contributed by atoms with Crippen molar-refractivity contribution in [3.8, 4) is 5.75 Å². The van der Waals surface area contributed by atoms with Crippen LogP contribution in [0, 0.1) is 6.92 Å². The molecular formula is C27H22N2O4S. The molecule has 1 atom stereocenters. The molecule has 34 heavy (non-hydrogen) atoms. The van der Waals surface area contributed by atoms with Gasteiger partial charge in [-0.05, 0) is 49.2 Å². The molecule has 1 N–H and O–H groups in total. The summed E-state index contributed by atoms with van der Waals surface area (Å²) in [7, 11) is 0. The van der Waals surface area contributed by atoms with Gasteiger partial charge in [-0.3, -0.25) is 14.5 Å². The van der Waals surface area contributed by atoms with Gasteiger partial charge in [0.15, 0.2) is 5.13 Å². The number of thiazole rings is 1. The number of aromatic nitrogens is 1. The lowest BCUT2D eigenvalue weighted by molar-refractivity contribution is -0.132. The van der Waals surface area contributed by atoms with Crippen molar-refractivity contribution in [3.05, 3.63) is 95.1 Å². The average molecular weight is 471 g/mol. The first-order valence-corrected chi connectivity index (χ1v) is 11.8. The number of aliphatic hydroxyl groups is 1. The third kappa shape index (κ3) is 3.74. The van der Waals surface area contributed by atoms with Crippen molar-refractivity contribution >= 4 is 44.1 Å². The number of aliphatic hydroxyl groups excluding tert-OH is 1. The van der Waals surface area contributed by atoms with Crippen LogP contribution in [0.1, 0.15) is 29.7 Å². The maximum atomic E-state index is 13.3. The maximum Gasteiger partial charge on any atom is 0.301 e. The molecule has 1 aliphatic rings. The summed E-state index contributed by atoms with van der Waals surface area (Å²) in [6, 6.07) is 21.0. The zero-order valence-corrected chi connectivity index (χ0v) is 19.5. The van der Waals surface area contributed by atoms with Gasteiger partial charge in [-0.25, -0.2) is 4.98 Å². The Bertz CT molecular complexity index is 1420. The molecule has 0 saturated carbocycles. The van der Waals surface area contributed by atoms with Gasteiger partial charge in [0.2, 0.25) is 0 Å². The first-order chi connectivity index (χ1) is 16.5. The molecular weight excluding hydrogens is 448 g/mol. The minimum absolute atomic E-state index is 0.0378. The van der Waals surface area contributed by atoms with Crippen molar-refractivity contribution < 1.29 is 19.4 Å². The van der Waals surface area contributed by atoms with E-state index in [0.717, 1.165) is 15.8 Å². The second-order valence-corrected chi connectivity index (χ2v) is 9.01. The summed E-state index contributed by atoms with van der Waals surface area (Å²) in [6.45, 7) is 4.42. The van der Waals surface area contributed by atoms with Crippen LogP contribution >= 0.6 is 11.3 Å². The fourth-order valence-corrected chi connectivity index (χ4v) is 5.22. The highest BCUT2D eigenvalue weighted by atomic mass is 32.1. The Morgan fingerprint density at radius 3 is 2.50 bits per heavy atom. The summed E-state index contributed by atoms with van der Waals surface area (Å²) in [4.78, 5) is 32.6. The molecule has 1 amide bonds. The van der Waals surface area contributed by atoms with Gasteiger partial charge in [0.1, 0.15) is 11.5 Å². The zero-order valence-electron chi connectivity index (χ0n) is 18.7. The lowest BCUT2D eigenvalue weighted by atomic mass is 9.95. The molecule has 170 valence electrons. The monoisotopic (exact) mass is 470 g/mol. The Labute approximate surface area is 200 Å². The zero-order chi connectivity index (χ0) is 23.8. The highest BCUT2D eigenvalue weighted by molar-refractivity contribution is 7.22. The standard InChI is InChI=1S/C27H22N2O4S/c1-3-33-19-12-10-17(11-13-19)23-22(24(30)18-7-5-4-6-8-18)25(31)26(32)29(23)27-28-20-14-9-16(2)15-21(20)34-27/h4-15,23,30H,3H2,1-2H3/b24-22+/t23-/m0/s1. The van der Waals surface area contributed by atoms with Crippen molar-refractivity contribution in [1.29, 1.82) is 0 Å². The third-order valence-corrected chi connectivity index (χ3v) is 6.75. The van der Waals surface area contributed by atoms with E-state index in [2.05, 4.69) is 4.98 Å². The number of hydrogen-bond acceptors (Lipinski definition) is 6. The molecule has 0 spiro atoms. The fraction of sp³-hybridized carbons (Fsp3) is 0.148. The van der Waals surface area contributed by atoms with E-state index in [0.29, 0.717) is 28.6 Å². The van der Waals surface area contributed by atoms with Crippen LogP contribution in [-0.4, -0.2) is 28.4 Å². The highest BCUT2D eigenvalue weighted by Gasteiger charge is 2.48. The number of nitrogens with zero attached hydrogens (tertiary/aromatic N) is 2. The molecule has 1 aliphatic heterocycles. The molecule has 0 bridgehead atoms. The van der Waals surface area contributed by atoms with Crippen LogP contribution in [0.3, 0.4) is 0 Å². The molecule has 5 rings (SSSR count). The molecule has 0 unspecified atom stereocenters. The minimum atomic E-state index is -0.822. The number of rotatable bonds is 5. The second kappa shape index (κ2) is 8.76. The normalized spacial score (nSPS) is 17.5. The number of hydrogen-bond donors (Lipinski definition) is 1. The van der Waals surface area contributed by atoms with Crippen LogP contribution in [0.5, 0.6) is 5.75 Å². The van der Waals surface area contributed by atoms with Gasteiger partial charge in [-0.2, -0.15) is 0 Å². The molecule has 3 aromatic carbocycles. The van der Waals surface area contributed by atoms with Gasteiger partial charge < -0.3 is 9.84 Å². The van der Waals surface area contributed by atoms with Gasteiger partial charge in [0.05, 0.1) is 28.4 Å². The van der Waals surface area contributed by atoms with Crippen LogP contribution in [0.15, 0.2) is 78.4 Å². The minimum Gasteiger partial charge on any atom is -0.507 e. The molecule has 2 heterocycles. The number of fused-ring (bicyclic) bond motifs is 1. The summed E-state index contributed by atoms with van der Waals surface area (Å²) in [6.07, 6.45) is 0. The van der Waals surface area contributed by atoms with Gasteiger partial charge >= 0.3 is 5.91 Å². The lowest BCUT2D eigenvalue weighted by Crippen LogP contribution is -2.29. The number of carbonyl (C=O) groups excluding carboxylic acids is 2. The van der Waals surface area contributed by atoms with Crippen LogP contribution in [0.4, 0.5) is 5.13 Å². The number of amides is 1. The predicted molar refractivity (Wildman–Crippen MR) is 133 cm³/mol. The van der Waals surface area contributed by atoms with E-state index < -0.39 is 17.7 Å².